The lowest BCUT2D eigenvalue weighted by molar-refractivity contribution is 0.178. The lowest BCUT2D eigenvalue weighted by Gasteiger charge is -2.11. The third kappa shape index (κ3) is 4.11. The summed E-state index contributed by atoms with van der Waals surface area (Å²) in [5, 5.41) is 3.24. The molecule has 0 bridgehead atoms. The van der Waals surface area contributed by atoms with Crippen LogP contribution < -0.4 is 16.6 Å². The molecule has 0 unspecified atom stereocenters. The molecule has 7 nitrogen and oxygen atoms in total. The van der Waals surface area contributed by atoms with Gasteiger partial charge in [-0.05, 0) is 18.1 Å². The van der Waals surface area contributed by atoms with Crippen LogP contribution in [0.5, 0.6) is 0 Å². The number of aromatic nitrogens is 3. The highest BCUT2D eigenvalue weighted by atomic mass is 16.5. The SMILES string of the molecule is CCc1cccnc1CNc1cc(NN)nc(COC)n1. The molecule has 0 atom stereocenters. The minimum atomic E-state index is 0.327. The standard InChI is InChI=1S/C14H20N6O/c1-3-10-5-4-6-16-11(10)8-17-12-7-13(20-15)19-14(18-12)9-21-2/h4-7H,3,8-9,15H2,1-2H3,(H2,17,18,19,20). The van der Waals surface area contributed by atoms with Crippen LogP contribution in [0.4, 0.5) is 11.6 Å². The van der Waals surface area contributed by atoms with Crippen molar-refractivity contribution < 1.29 is 4.74 Å². The molecule has 0 radical (unpaired) electrons. The molecule has 0 aliphatic rings. The highest BCUT2D eigenvalue weighted by Gasteiger charge is 2.06. The first-order chi connectivity index (χ1) is 10.3. The van der Waals surface area contributed by atoms with Gasteiger partial charge in [0, 0.05) is 19.4 Å². The van der Waals surface area contributed by atoms with Gasteiger partial charge in [0.15, 0.2) is 5.82 Å². The van der Waals surface area contributed by atoms with Crippen molar-refractivity contribution in [3.8, 4) is 0 Å². The zero-order valence-electron chi connectivity index (χ0n) is 12.3. The molecule has 0 aliphatic heterocycles. The van der Waals surface area contributed by atoms with Crippen molar-refractivity contribution in [3.63, 3.8) is 0 Å². The molecule has 2 aromatic rings. The number of hydrogen-bond donors (Lipinski definition) is 3. The Morgan fingerprint density at radius 3 is 2.81 bits per heavy atom. The number of nitrogens with two attached hydrogens (primary N) is 1. The number of aryl methyl sites for hydroxylation is 1. The smallest absolute Gasteiger partial charge is 0.158 e. The Labute approximate surface area is 123 Å². The van der Waals surface area contributed by atoms with Crippen LogP contribution in [0.25, 0.3) is 0 Å². The van der Waals surface area contributed by atoms with Gasteiger partial charge in [0.1, 0.15) is 18.2 Å². The van der Waals surface area contributed by atoms with Gasteiger partial charge in [0.25, 0.3) is 0 Å². The summed E-state index contributed by atoms with van der Waals surface area (Å²) in [5.74, 6) is 7.19. The average Bonchev–Trinajstić information content (AvgIpc) is 2.53. The van der Waals surface area contributed by atoms with E-state index in [4.69, 9.17) is 10.6 Å². The zero-order chi connectivity index (χ0) is 15.1. The Morgan fingerprint density at radius 1 is 1.29 bits per heavy atom. The maximum absolute atomic E-state index is 5.42. The fraction of sp³-hybridized carbons (Fsp3) is 0.357. The summed E-state index contributed by atoms with van der Waals surface area (Å²) in [5.41, 5.74) is 4.75. The number of anilines is 2. The van der Waals surface area contributed by atoms with E-state index in [1.165, 1.54) is 5.56 Å². The summed E-state index contributed by atoms with van der Waals surface area (Å²) in [6.45, 7) is 3.03. The third-order valence-corrected chi connectivity index (χ3v) is 3.00. The van der Waals surface area contributed by atoms with Gasteiger partial charge in [-0.2, -0.15) is 0 Å². The second-order valence-corrected chi connectivity index (χ2v) is 4.45. The van der Waals surface area contributed by atoms with Crippen LogP contribution in [0.3, 0.4) is 0 Å². The average molecular weight is 288 g/mol. The molecule has 21 heavy (non-hydrogen) atoms. The van der Waals surface area contributed by atoms with Gasteiger partial charge in [-0.1, -0.05) is 13.0 Å². The number of hydrazine groups is 1. The van der Waals surface area contributed by atoms with Crippen LogP contribution in [-0.2, 0) is 24.3 Å². The first-order valence-corrected chi connectivity index (χ1v) is 6.77. The highest BCUT2D eigenvalue weighted by molar-refractivity contribution is 5.47. The van der Waals surface area contributed by atoms with E-state index in [0.717, 1.165) is 12.1 Å². The van der Waals surface area contributed by atoms with E-state index >= 15 is 0 Å². The lowest BCUT2D eigenvalue weighted by Crippen LogP contribution is -2.13. The largest absolute Gasteiger partial charge is 0.377 e. The number of hydrogen-bond acceptors (Lipinski definition) is 7. The summed E-state index contributed by atoms with van der Waals surface area (Å²) >= 11 is 0. The van der Waals surface area contributed by atoms with E-state index in [1.807, 2.05) is 6.07 Å². The number of nitrogens with one attached hydrogen (secondary N) is 2. The molecule has 0 fully saturated rings. The van der Waals surface area contributed by atoms with Crippen LogP contribution in [-0.4, -0.2) is 22.1 Å². The molecule has 2 aromatic heterocycles. The quantitative estimate of drug-likeness (QED) is 0.524. The minimum absolute atomic E-state index is 0.327. The van der Waals surface area contributed by atoms with E-state index < -0.39 is 0 Å². The Bertz CT molecular complexity index is 589. The van der Waals surface area contributed by atoms with Gasteiger partial charge >= 0.3 is 0 Å². The van der Waals surface area contributed by atoms with E-state index in [9.17, 15) is 0 Å². The molecule has 0 aromatic carbocycles. The molecule has 112 valence electrons. The maximum Gasteiger partial charge on any atom is 0.158 e. The molecule has 0 amide bonds. The summed E-state index contributed by atoms with van der Waals surface area (Å²) in [7, 11) is 1.60. The molecule has 2 rings (SSSR count). The second-order valence-electron chi connectivity index (χ2n) is 4.45. The van der Waals surface area contributed by atoms with E-state index in [1.54, 1.807) is 19.4 Å². The van der Waals surface area contributed by atoms with Crippen molar-refractivity contribution in [1.29, 1.82) is 0 Å². The van der Waals surface area contributed by atoms with Crippen LogP contribution in [0.1, 0.15) is 24.0 Å². The van der Waals surface area contributed by atoms with Crippen molar-refractivity contribution in [2.24, 2.45) is 5.84 Å². The molecular formula is C14H20N6O. The highest BCUT2D eigenvalue weighted by Crippen LogP contribution is 2.13. The molecule has 4 N–H and O–H groups in total. The topological polar surface area (TPSA) is 98.0 Å². The van der Waals surface area contributed by atoms with E-state index in [2.05, 4.69) is 38.7 Å². The van der Waals surface area contributed by atoms with E-state index in [0.29, 0.717) is 30.6 Å². The predicted molar refractivity (Wildman–Crippen MR) is 81.5 cm³/mol. The molecule has 2 heterocycles. The van der Waals surface area contributed by atoms with Gasteiger partial charge in [-0.25, -0.2) is 15.8 Å². The molecule has 0 saturated heterocycles. The van der Waals surface area contributed by atoms with Crippen molar-refractivity contribution >= 4 is 11.6 Å². The predicted octanol–water partition coefficient (Wildman–Crippen LogP) is 1.48. The minimum Gasteiger partial charge on any atom is -0.377 e. The van der Waals surface area contributed by atoms with Crippen molar-refractivity contribution in [1.82, 2.24) is 15.0 Å². The van der Waals surface area contributed by atoms with Crippen molar-refractivity contribution in [3.05, 3.63) is 41.5 Å². The van der Waals surface area contributed by atoms with E-state index in [-0.39, 0.29) is 0 Å². The number of rotatable bonds is 7. The van der Waals surface area contributed by atoms with Gasteiger partial charge < -0.3 is 15.5 Å². The molecular weight excluding hydrogens is 268 g/mol. The first-order valence-electron chi connectivity index (χ1n) is 6.77. The summed E-state index contributed by atoms with van der Waals surface area (Å²) in [6.07, 6.45) is 2.73. The number of ether oxygens (including phenoxy) is 1. The Kier molecular flexibility index (Phi) is 5.42. The van der Waals surface area contributed by atoms with Crippen LogP contribution >= 0.6 is 0 Å². The normalized spacial score (nSPS) is 10.4. The molecule has 7 heteroatoms. The van der Waals surface area contributed by atoms with Crippen molar-refractivity contribution in [2.45, 2.75) is 26.5 Å². The zero-order valence-corrected chi connectivity index (χ0v) is 12.3. The van der Waals surface area contributed by atoms with Gasteiger partial charge in [-0.15, -0.1) is 0 Å². The summed E-state index contributed by atoms with van der Waals surface area (Å²) < 4.78 is 5.05. The number of pyridine rings is 1. The van der Waals surface area contributed by atoms with Crippen LogP contribution in [0, 0.1) is 0 Å². The Balaban J connectivity index is 2.13. The first kappa shape index (κ1) is 15.1. The monoisotopic (exact) mass is 288 g/mol. The maximum atomic E-state index is 5.42. The van der Waals surface area contributed by atoms with Gasteiger partial charge in [-0.3, -0.25) is 4.98 Å². The molecule has 0 aliphatic carbocycles. The number of nitrogens with zero attached hydrogens (tertiary/aromatic N) is 3. The number of methoxy groups -OCH3 is 1. The molecule has 0 saturated carbocycles. The number of nitrogen functional groups attached to an aromatic ring is 1. The Morgan fingerprint density at radius 2 is 2.10 bits per heavy atom. The summed E-state index contributed by atoms with van der Waals surface area (Å²) in [4.78, 5) is 13.0. The second kappa shape index (κ2) is 7.51. The lowest BCUT2D eigenvalue weighted by atomic mass is 10.1. The molecule has 0 spiro atoms. The fourth-order valence-corrected chi connectivity index (χ4v) is 1.98. The summed E-state index contributed by atoms with van der Waals surface area (Å²) in [6, 6.07) is 5.76. The third-order valence-electron chi connectivity index (χ3n) is 3.00. The fourth-order valence-electron chi connectivity index (χ4n) is 1.98. The van der Waals surface area contributed by atoms with Crippen molar-refractivity contribution in [2.75, 3.05) is 17.9 Å². The Hall–Kier alpha value is -2.25. The van der Waals surface area contributed by atoms with Crippen LogP contribution in [0.15, 0.2) is 24.4 Å². The van der Waals surface area contributed by atoms with Gasteiger partial charge in [0.2, 0.25) is 0 Å². The van der Waals surface area contributed by atoms with Crippen LogP contribution in [0.2, 0.25) is 0 Å². The van der Waals surface area contributed by atoms with Gasteiger partial charge in [0.05, 0.1) is 12.2 Å².